The predicted molar refractivity (Wildman–Crippen MR) is 69.6 cm³/mol. The van der Waals surface area contributed by atoms with Gasteiger partial charge in [0.25, 0.3) is 5.91 Å². The van der Waals surface area contributed by atoms with Gasteiger partial charge in [0.2, 0.25) is 0 Å². The lowest BCUT2D eigenvalue weighted by Crippen LogP contribution is -2.55. The SMILES string of the molecule is CC(N)(Cc1ccccc1)C(=O)N1CCCCO1. The highest BCUT2D eigenvalue weighted by Gasteiger charge is 2.34. The second-order valence-corrected chi connectivity index (χ2v) is 5.03. The quantitative estimate of drug-likeness (QED) is 0.882. The van der Waals surface area contributed by atoms with Crippen LogP contribution in [0.5, 0.6) is 0 Å². The molecule has 1 unspecified atom stereocenters. The molecule has 0 aliphatic carbocycles. The van der Waals surface area contributed by atoms with E-state index in [9.17, 15) is 4.79 Å². The van der Waals surface area contributed by atoms with Crippen molar-refractivity contribution in [2.45, 2.75) is 31.7 Å². The molecule has 1 aromatic rings. The van der Waals surface area contributed by atoms with Gasteiger partial charge in [0.1, 0.15) is 0 Å². The summed E-state index contributed by atoms with van der Waals surface area (Å²) in [7, 11) is 0. The molecule has 0 aromatic heterocycles. The van der Waals surface area contributed by atoms with Crippen LogP contribution in [0, 0.1) is 0 Å². The second kappa shape index (κ2) is 5.50. The van der Waals surface area contributed by atoms with Crippen LogP contribution in [0.25, 0.3) is 0 Å². The van der Waals surface area contributed by atoms with Crippen LogP contribution in [0.1, 0.15) is 25.3 Å². The lowest BCUT2D eigenvalue weighted by molar-refractivity contribution is -0.202. The first kappa shape index (κ1) is 13.1. The smallest absolute Gasteiger partial charge is 0.266 e. The van der Waals surface area contributed by atoms with Crippen LogP contribution in [0.3, 0.4) is 0 Å². The van der Waals surface area contributed by atoms with Crippen molar-refractivity contribution in [1.82, 2.24) is 5.06 Å². The lowest BCUT2D eigenvalue weighted by atomic mass is 9.93. The van der Waals surface area contributed by atoms with Gasteiger partial charge in [-0.05, 0) is 31.7 Å². The molecule has 1 atom stereocenters. The van der Waals surface area contributed by atoms with Crippen LogP contribution in [0.15, 0.2) is 30.3 Å². The number of rotatable bonds is 3. The van der Waals surface area contributed by atoms with Gasteiger partial charge < -0.3 is 5.73 Å². The Bertz CT molecular complexity index is 398. The largest absolute Gasteiger partial charge is 0.317 e. The van der Waals surface area contributed by atoms with Crippen molar-refractivity contribution in [3.8, 4) is 0 Å². The number of carbonyl (C=O) groups is 1. The summed E-state index contributed by atoms with van der Waals surface area (Å²) in [6, 6.07) is 9.82. The third-order valence-electron chi connectivity index (χ3n) is 3.13. The third-order valence-corrected chi connectivity index (χ3v) is 3.13. The molecule has 18 heavy (non-hydrogen) atoms. The molecule has 1 aliphatic rings. The second-order valence-electron chi connectivity index (χ2n) is 5.03. The molecule has 1 amide bonds. The van der Waals surface area contributed by atoms with Crippen LogP contribution in [0.4, 0.5) is 0 Å². The first-order chi connectivity index (χ1) is 8.59. The van der Waals surface area contributed by atoms with Crippen LogP contribution in [-0.4, -0.2) is 29.7 Å². The first-order valence-corrected chi connectivity index (χ1v) is 6.37. The highest BCUT2D eigenvalue weighted by molar-refractivity contribution is 5.85. The predicted octanol–water partition coefficient (Wildman–Crippen LogP) is 1.50. The number of nitrogens with two attached hydrogens (primary N) is 1. The first-order valence-electron chi connectivity index (χ1n) is 6.37. The minimum Gasteiger partial charge on any atom is -0.317 e. The van der Waals surface area contributed by atoms with E-state index < -0.39 is 5.54 Å². The fourth-order valence-corrected chi connectivity index (χ4v) is 2.14. The van der Waals surface area contributed by atoms with Crippen molar-refractivity contribution in [1.29, 1.82) is 0 Å². The summed E-state index contributed by atoms with van der Waals surface area (Å²) >= 11 is 0. The van der Waals surface area contributed by atoms with Gasteiger partial charge in [-0.1, -0.05) is 30.3 Å². The third kappa shape index (κ3) is 3.09. The Hall–Kier alpha value is -1.39. The zero-order chi connectivity index (χ0) is 13.0. The van der Waals surface area contributed by atoms with E-state index in [0.717, 1.165) is 18.4 Å². The maximum Gasteiger partial charge on any atom is 0.266 e. The topological polar surface area (TPSA) is 55.6 Å². The minimum atomic E-state index is -0.918. The van der Waals surface area contributed by atoms with Crippen LogP contribution >= 0.6 is 0 Å². The molecule has 0 bridgehead atoms. The fraction of sp³-hybridized carbons (Fsp3) is 0.500. The number of hydroxylamine groups is 2. The fourth-order valence-electron chi connectivity index (χ4n) is 2.14. The van der Waals surface area contributed by atoms with Crippen molar-refractivity contribution < 1.29 is 9.63 Å². The summed E-state index contributed by atoms with van der Waals surface area (Å²) < 4.78 is 0. The highest BCUT2D eigenvalue weighted by Crippen LogP contribution is 2.16. The van der Waals surface area contributed by atoms with Crippen LogP contribution in [-0.2, 0) is 16.1 Å². The molecule has 1 fully saturated rings. The lowest BCUT2D eigenvalue weighted by Gasteiger charge is -2.33. The average molecular weight is 248 g/mol. The Balaban J connectivity index is 2.03. The molecule has 0 saturated carbocycles. The molecule has 1 aliphatic heterocycles. The Kier molecular flexibility index (Phi) is 3.99. The summed E-state index contributed by atoms with van der Waals surface area (Å²) in [5, 5.41) is 1.42. The number of benzene rings is 1. The van der Waals surface area contributed by atoms with Crippen LogP contribution in [0.2, 0.25) is 0 Å². The molecule has 98 valence electrons. The van der Waals surface area contributed by atoms with Gasteiger partial charge >= 0.3 is 0 Å². The molecule has 2 N–H and O–H groups in total. The van der Waals surface area contributed by atoms with Crippen LogP contribution < -0.4 is 5.73 Å². The Morgan fingerprint density at radius 2 is 2.11 bits per heavy atom. The highest BCUT2D eigenvalue weighted by atomic mass is 16.7. The Morgan fingerprint density at radius 3 is 2.72 bits per heavy atom. The number of carbonyl (C=O) groups excluding carboxylic acids is 1. The van der Waals surface area contributed by atoms with Gasteiger partial charge in [0, 0.05) is 6.54 Å². The molecule has 1 heterocycles. The van der Waals surface area contributed by atoms with Gasteiger partial charge in [0.05, 0.1) is 12.1 Å². The Morgan fingerprint density at radius 1 is 1.39 bits per heavy atom. The van der Waals surface area contributed by atoms with Gasteiger partial charge in [0.15, 0.2) is 0 Å². The number of nitrogens with zero attached hydrogens (tertiary/aromatic N) is 1. The van der Waals surface area contributed by atoms with Crippen molar-refractivity contribution in [2.24, 2.45) is 5.73 Å². The molecule has 1 aromatic carbocycles. The van der Waals surface area contributed by atoms with Gasteiger partial charge in [-0.15, -0.1) is 0 Å². The molecule has 4 nitrogen and oxygen atoms in total. The molecule has 0 radical (unpaired) electrons. The normalized spacial score (nSPS) is 19.3. The standard InChI is InChI=1S/C14H20N2O2/c1-14(15,11-12-7-3-2-4-8-12)13(17)16-9-5-6-10-18-16/h2-4,7-8H,5-6,9-11,15H2,1H3. The average Bonchev–Trinajstić information content (AvgIpc) is 2.39. The van der Waals surface area contributed by atoms with E-state index in [4.69, 9.17) is 10.6 Å². The van der Waals surface area contributed by atoms with Gasteiger partial charge in [-0.25, -0.2) is 5.06 Å². The van der Waals surface area contributed by atoms with E-state index in [1.165, 1.54) is 5.06 Å². The van der Waals surface area contributed by atoms with E-state index >= 15 is 0 Å². The van der Waals surface area contributed by atoms with E-state index in [0.29, 0.717) is 19.6 Å². The van der Waals surface area contributed by atoms with E-state index in [1.54, 1.807) is 6.92 Å². The van der Waals surface area contributed by atoms with Gasteiger partial charge in [-0.3, -0.25) is 9.63 Å². The zero-order valence-corrected chi connectivity index (χ0v) is 10.8. The Labute approximate surface area is 108 Å². The van der Waals surface area contributed by atoms with E-state index in [1.807, 2.05) is 30.3 Å². The zero-order valence-electron chi connectivity index (χ0n) is 10.8. The van der Waals surface area contributed by atoms with Gasteiger partial charge in [-0.2, -0.15) is 0 Å². The number of hydrogen-bond acceptors (Lipinski definition) is 3. The van der Waals surface area contributed by atoms with Crippen molar-refractivity contribution in [2.75, 3.05) is 13.2 Å². The molecule has 4 heteroatoms. The van der Waals surface area contributed by atoms with Crippen molar-refractivity contribution >= 4 is 5.91 Å². The van der Waals surface area contributed by atoms with E-state index in [2.05, 4.69) is 0 Å². The van der Waals surface area contributed by atoms with Crippen molar-refractivity contribution in [3.63, 3.8) is 0 Å². The molecule has 2 rings (SSSR count). The molecule has 0 spiro atoms. The maximum atomic E-state index is 12.3. The minimum absolute atomic E-state index is 0.133. The van der Waals surface area contributed by atoms with Crippen molar-refractivity contribution in [3.05, 3.63) is 35.9 Å². The van der Waals surface area contributed by atoms with E-state index in [-0.39, 0.29) is 5.91 Å². The maximum absolute atomic E-state index is 12.3. The monoisotopic (exact) mass is 248 g/mol. The number of amides is 1. The summed E-state index contributed by atoms with van der Waals surface area (Å²) in [5.74, 6) is -0.133. The molecular formula is C14H20N2O2. The summed E-state index contributed by atoms with van der Waals surface area (Å²) in [6.45, 7) is 3.01. The summed E-state index contributed by atoms with van der Waals surface area (Å²) in [4.78, 5) is 17.7. The molecular weight excluding hydrogens is 228 g/mol. The number of hydrogen-bond donors (Lipinski definition) is 1. The summed E-state index contributed by atoms with van der Waals surface area (Å²) in [5.41, 5.74) is 6.30. The summed E-state index contributed by atoms with van der Waals surface area (Å²) in [6.07, 6.45) is 2.50. The molecule has 1 saturated heterocycles.